The van der Waals surface area contributed by atoms with Crippen molar-refractivity contribution < 1.29 is 32.2 Å². The molecular formula is C25H28F3N5O4. The van der Waals surface area contributed by atoms with Crippen molar-refractivity contribution in [3.63, 3.8) is 0 Å². The van der Waals surface area contributed by atoms with Crippen molar-refractivity contribution >= 4 is 34.1 Å². The molecule has 0 radical (unpaired) electrons. The van der Waals surface area contributed by atoms with Gasteiger partial charge < -0.3 is 34.7 Å². The molecule has 4 heterocycles. The summed E-state index contributed by atoms with van der Waals surface area (Å²) >= 11 is 0. The van der Waals surface area contributed by atoms with E-state index < -0.39 is 11.7 Å². The summed E-state index contributed by atoms with van der Waals surface area (Å²) in [5.74, 6) is 1.01. The Labute approximate surface area is 211 Å². The minimum Gasteiger partial charge on any atom is -0.485 e. The number of nitrogens with zero attached hydrogens (tertiary/aromatic N) is 2. The molecule has 1 amide bonds. The van der Waals surface area contributed by atoms with Gasteiger partial charge in [0.2, 0.25) is 0 Å². The maximum atomic E-state index is 13.6. The van der Waals surface area contributed by atoms with Crippen LogP contribution in [0, 0.1) is 5.92 Å². The van der Waals surface area contributed by atoms with Crippen molar-refractivity contribution in [3.8, 4) is 11.5 Å². The number of carbonyl (C=O) groups excluding carboxylic acids is 1. The molecule has 2 aliphatic rings. The number of anilines is 3. The fourth-order valence-electron chi connectivity index (χ4n) is 4.35. The van der Waals surface area contributed by atoms with E-state index in [-0.39, 0.29) is 36.1 Å². The lowest BCUT2D eigenvalue weighted by Gasteiger charge is -2.29. The lowest BCUT2D eigenvalue weighted by Crippen LogP contribution is -2.41. The fraction of sp³-hybridized carbons (Fsp3) is 0.440. The molecule has 5 rings (SSSR count). The Morgan fingerprint density at radius 3 is 2.54 bits per heavy atom. The first-order valence-electron chi connectivity index (χ1n) is 12.1. The third-order valence-electron chi connectivity index (χ3n) is 6.13. The first kappa shape index (κ1) is 25.0. The van der Waals surface area contributed by atoms with Gasteiger partial charge in [0.15, 0.2) is 11.5 Å². The van der Waals surface area contributed by atoms with Crippen molar-refractivity contribution in [1.29, 1.82) is 0 Å². The number of nitrogens with one attached hydrogen (secondary N) is 3. The number of rotatable bonds is 6. The van der Waals surface area contributed by atoms with Gasteiger partial charge in [0.25, 0.3) is 5.91 Å². The van der Waals surface area contributed by atoms with Crippen molar-refractivity contribution in [2.45, 2.75) is 20.0 Å². The number of hydrogen-bond donors (Lipinski definition) is 3. The van der Waals surface area contributed by atoms with Gasteiger partial charge in [-0.1, -0.05) is 13.8 Å². The number of aromatic amines is 1. The molecule has 1 saturated heterocycles. The molecule has 0 aliphatic carbocycles. The van der Waals surface area contributed by atoms with E-state index in [4.69, 9.17) is 14.2 Å². The molecule has 198 valence electrons. The fourth-order valence-corrected chi connectivity index (χ4v) is 4.35. The number of carbonyl (C=O) groups is 1. The lowest BCUT2D eigenvalue weighted by atomic mass is 10.1. The van der Waals surface area contributed by atoms with Gasteiger partial charge in [-0.3, -0.25) is 4.79 Å². The Hall–Kier alpha value is -3.67. The van der Waals surface area contributed by atoms with Crippen LogP contribution in [0.25, 0.3) is 11.0 Å². The average Bonchev–Trinajstić information content (AvgIpc) is 3.32. The third kappa shape index (κ3) is 5.10. The van der Waals surface area contributed by atoms with E-state index in [0.717, 1.165) is 6.20 Å². The van der Waals surface area contributed by atoms with E-state index in [9.17, 15) is 18.0 Å². The molecule has 0 atom stereocenters. The Morgan fingerprint density at radius 1 is 1.11 bits per heavy atom. The number of halogens is 3. The first-order chi connectivity index (χ1) is 17.7. The summed E-state index contributed by atoms with van der Waals surface area (Å²) in [6.07, 6.45) is -3.61. The van der Waals surface area contributed by atoms with Gasteiger partial charge in [-0.25, -0.2) is 4.98 Å². The Morgan fingerprint density at radius 2 is 1.84 bits per heavy atom. The maximum Gasteiger partial charge on any atom is 0.418 e. The molecule has 9 nitrogen and oxygen atoms in total. The van der Waals surface area contributed by atoms with Crippen LogP contribution in [-0.2, 0) is 10.9 Å². The number of amides is 1. The second-order valence-electron chi connectivity index (χ2n) is 9.30. The highest BCUT2D eigenvalue weighted by Crippen LogP contribution is 2.43. The lowest BCUT2D eigenvalue weighted by molar-refractivity contribution is -0.136. The number of ether oxygens (including phenoxy) is 3. The molecule has 0 unspecified atom stereocenters. The van der Waals surface area contributed by atoms with Gasteiger partial charge in [0.05, 0.1) is 35.4 Å². The highest BCUT2D eigenvalue weighted by molar-refractivity contribution is 5.99. The summed E-state index contributed by atoms with van der Waals surface area (Å²) in [5, 5.41) is 6.24. The molecule has 37 heavy (non-hydrogen) atoms. The van der Waals surface area contributed by atoms with Crippen LogP contribution < -0.4 is 20.1 Å². The standard InChI is InChI=1S/C25H28F3N5O4/c1-14(2)12-29-18-11-19(32-23-20(18)16(13-30-23)25(26,27)28)31-17-4-3-15(21-22(17)37-10-9-36-21)24(34)33-5-7-35-8-6-33/h3-4,11,13-14H,5-10,12H2,1-2H3,(H3,29,30,31,32). The van der Waals surface area contributed by atoms with Crippen LogP contribution >= 0.6 is 0 Å². The highest BCUT2D eigenvalue weighted by atomic mass is 19.4. The topological polar surface area (TPSA) is 101 Å². The monoisotopic (exact) mass is 519 g/mol. The molecular weight excluding hydrogens is 491 g/mol. The van der Waals surface area contributed by atoms with Crippen LogP contribution in [0.1, 0.15) is 29.8 Å². The van der Waals surface area contributed by atoms with Crippen molar-refractivity contribution in [2.75, 3.05) is 56.7 Å². The zero-order valence-corrected chi connectivity index (χ0v) is 20.5. The minimum atomic E-state index is -4.53. The van der Waals surface area contributed by atoms with E-state index in [1.54, 1.807) is 17.0 Å². The zero-order valence-electron chi connectivity index (χ0n) is 20.5. The number of fused-ring (bicyclic) bond motifs is 2. The second kappa shape index (κ2) is 10.0. The number of alkyl halides is 3. The summed E-state index contributed by atoms with van der Waals surface area (Å²) in [5.41, 5.74) is 0.475. The number of aromatic nitrogens is 2. The zero-order chi connectivity index (χ0) is 26.2. The number of pyridine rings is 1. The van der Waals surface area contributed by atoms with Crippen LogP contribution in [0.3, 0.4) is 0 Å². The maximum absolute atomic E-state index is 13.6. The predicted molar refractivity (Wildman–Crippen MR) is 132 cm³/mol. The minimum absolute atomic E-state index is 0.0215. The van der Waals surface area contributed by atoms with Crippen molar-refractivity contribution in [3.05, 3.63) is 35.5 Å². The number of morpholine rings is 1. The van der Waals surface area contributed by atoms with E-state index in [2.05, 4.69) is 20.6 Å². The van der Waals surface area contributed by atoms with Crippen LogP contribution in [0.4, 0.5) is 30.4 Å². The number of H-pyrrole nitrogens is 1. The normalized spacial score (nSPS) is 15.8. The molecule has 1 fully saturated rings. The van der Waals surface area contributed by atoms with Crippen LogP contribution in [0.2, 0.25) is 0 Å². The summed E-state index contributed by atoms with van der Waals surface area (Å²) in [6, 6.07) is 4.88. The Balaban J connectivity index is 1.51. The molecule has 1 aromatic carbocycles. The summed E-state index contributed by atoms with van der Waals surface area (Å²) < 4.78 is 58.0. The van der Waals surface area contributed by atoms with E-state index in [0.29, 0.717) is 67.1 Å². The first-order valence-corrected chi connectivity index (χ1v) is 12.1. The quantitative estimate of drug-likeness (QED) is 0.436. The van der Waals surface area contributed by atoms with Gasteiger partial charge in [-0.2, -0.15) is 13.2 Å². The van der Waals surface area contributed by atoms with Crippen molar-refractivity contribution in [1.82, 2.24) is 14.9 Å². The van der Waals surface area contributed by atoms with Crippen LogP contribution in [-0.4, -0.2) is 66.8 Å². The molecule has 3 N–H and O–H groups in total. The predicted octanol–water partition coefficient (Wildman–Crippen LogP) is 4.64. The second-order valence-corrected chi connectivity index (χ2v) is 9.30. The molecule has 12 heteroatoms. The van der Waals surface area contributed by atoms with Gasteiger partial charge in [-0.15, -0.1) is 0 Å². The Bertz CT molecular complexity index is 1300. The van der Waals surface area contributed by atoms with Gasteiger partial charge >= 0.3 is 6.18 Å². The number of benzene rings is 1. The molecule has 0 saturated carbocycles. The summed E-state index contributed by atoms with van der Waals surface area (Å²) in [4.78, 5) is 21.9. The smallest absolute Gasteiger partial charge is 0.418 e. The third-order valence-corrected chi connectivity index (χ3v) is 6.13. The largest absolute Gasteiger partial charge is 0.485 e. The highest BCUT2D eigenvalue weighted by Gasteiger charge is 2.35. The van der Waals surface area contributed by atoms with Crippen LogP contribution in [0.15, 0.2) is 24.4 Å². The van der Waals surface area contributed by atoms with Gasteiger partial charge in [0, 0.05) is 37.6 Å². The van der Waals surface area contributed by atoms with Gasteiger partial charge in [-0.05, 0) is 18.1 Å². The molecule has 0 bridgehead atoms. The molecule has 0 spiro atoms. The van der Waals surface area contributed by atoms with Crippen molar-refractivity contribution in [2.24, 2.45) is 5.92 Å². The molecule has 3 aromatic rings. The van der Waals surface area contributed by atoms with Crippen LogP contribution in [0.5, 0.6) is 11.5 Å². The molecule has 2 aliphatic heterocycles. The Kier molecular flexibility index (Phi) is 6.76. The summed E-state index contributed by atoms with van der Waals surface area (Å²) in [7, 11) is 0. The van der Waals surface area contributed by atoms with E-state index in [1.165, 1.54) is 6.07 Å². The van der Waals surface area contributed by atoms with E-state index in [1.807, 2.05) is 13.8 Å². The van der Waals surface area contributed by atoms with Gasteiger partial charge in [0.1, 0.15) is 24.7 Å². The summed E-state index contributed by atoms with van der Waals surface area (Å²) in [6.45, 7) is 6.91. The number of hydrogen-bond acceptors (Lipinski definition) is 7. The molecule has 2 aromatic heterocycles. The average molecular weight is 520 g/mol. The SMILES string of the molecule is CC(C)CNc1cc(Nc2ccc(C(=O)N3CCOCC3)c3c2OCCO3)nc2[nH]cc(C(F)(F)F)c12. The van der Waals surface area contributed by atoms with E-state index >= 15 is 0 Å².